The van der Waals surface area contributed by atoms with Gasteiger partial charge in [-0.3, -0.25) is 0 Å². The molecule has 18 heavy (non-hydrogen) atoms. The van der Waals surface area contributed by atoms with E-state index in [0.29, 0.717) is 18.5 Å². The lowest BCUT2D eigenvalue weighted by Crippen LogP contribution is -2.43. The van der Waals surface area contributed by atoms with E-state index in [0.717, 1.165) is 24.3 Å². The zero-order valence-corrected chi connectivity index (χ0v) is 12.0. The Morgan fingerprint density at radius 3 is 2.44 bits per heavy atom. The zero-order valence-electron chi connectivity index (χ0n) is 12.0. The van der Waals surface area contributed by atoms with E-state index in [9.17, 15) is 0 Å². The van der Waals surface area contributed by atoms with Crippen LogP contribution >= 0.6 is 0 Å². The van der Waals surface area contributed by atoms with E-state index in [2.05, 4.69) is 37.9 Å². The lowest BCUT2D eigenvalue weighted by molar-refractivity contribution is 0.387. The minimum Gasteiger partial charge on any atom is -0.497 e. The van der Waals surface area contributed by atoms with Gasteiger partial charge in [0.25, 0.3) is 0 Å². The SMILES string of the molecule is CCC(CC)C(CN)N(C)c1cccc(OC)c1. The summed E-state index contributed by atoms with van der Waals surface area (Å²) in [7, 11) is 3.81. The normalized spacial score (nSPS) is 12.6. The average molecular weight is 250 g/mol. The van der Waals surface area contributed by atoms with Gasteiger partial charge in [0.05, 0.1) is 7.11 Å². The van der Waals surface area contributed by atoms with Crippen molar-refractivity contribution in [1.82, 2.24) is 0 Å². The highest BCUT2D eigenvalue weighted by Gasteiger charge is 2.21. The van der Waals surface area contributed by atoms with Gasteiger partial charge in [-0.05, 0) is 18.1 Å². The minimum absolute atomic E-state index is 0.382. The number of hydrogen-bond acceptors (Lipinski definition) is 3. The summed E-state index contributed by atoms with van der Waals surface area (Å²) in [5.41, 5.74) is 7.12. The van der Waals surface area contributed by atoms with Gasteiger partial charge in [0.2, 0.25) is 0 Å². The maximum absolute atomic E-state index is 5.96. The molecule has 0 heterocycles. The Hall–Kier alpha value is -1.22. The predicted octanol–water partition coefficient (Wildman–Crippen LogP) is 2.89. The molecule has 0 radical (unpaired) electrons. The van der Waals surface area contributed by atoms with E-state index >= 15 is 0 Å². The van der Waals surface area contributed by atoms with Gasteiger partial charge in [-0.25, -0.2) is 0 Å². The van der Waals surface area contributed by atoms with Gasteiger partial charge in [-0.1, -0.05) is 32.8 Å². The first-order chi connectivity index (χ1) is 8.67. The number of anilines is 1. The molecule has 102 valence electrons. The Morgan fingerprint density at radius 2 is 1.94 bits per heavy atom. The minimum atomic E-state index is 0.382. The van der Waals surface area contributed by atoms with Crippen molar-refractivity contribution in [2.24, 2.45) is 11.7 Å². The largest absolute Gasteiger partial charge is 0.497 e. The van der Waals surface area contributed by atoms with Crippen molar-refractivity contribution in [2.45, 2.75) is 32.7 Å². The summed E-state index contributed by atoms with van der Waals surface area (Å²) in [6, 6.07) is 8.53. The molecule has 1 unspecified atom stereocenters. The molecule has 0 saturated heterocycles. The van der Waals surface area contributed by atoms with Gasteiger partial charge in [-0.2, -0.15) is 0 Å². The Bertz CT molecular complexity index is 350. The van der Waals surface area contributed by atoms with Gasteiger partial charge in [0.1, 0.15) is 5.75 Å². The second kappa shape index (κ2) is 7.27. The van der Waals surface area contributed by atoms with E-state index in [-0.39, 0.29) is 0 Å². The highest BCUT2D eigenvalue weighted by molar-refractivity contribution is 5.51. The molecule has 1 aromatic rings. The van der Waals surface area contributed by atoms with Crippen LogP contribution in [0.1, 0.15) is 26.7 Å². The van der Waals surface area contributed by atoms with Gasteiger partial charge >= 0.3 is 0 Å². The second-order valence-corrected chi connectivity index (χ2v) is 4.69. The summed E-state index contributed by atoms with van der Waals surface area (Å²) in [5.74, 6) is 1.52. The second-order valence-electron chi connectivity index (χ2n) is 4.69. The van der Waals surface area contributed by atoms with Crippen molar-refractivity contribution >= 4 is 5.69 Å². The van der Waals surface area contributed by atoms with Crippen LogP contribution in [0.5, 0.6) is 5.75 Å². The molecule has 0 bridgehead atoms. The van der Waals surface area contributed by atoms with Crippen LogP contribution in [0.3, 0.4) is 0 Å². The predicted molar refractivity (Wildman–Crippen MR) is 78.3 cm³/mol. The first kappa shape index (κ1) is 14.8. The summed E-state index contributed by atoms with van der Waals surface area (Å²) in [5, 5.41) is 0. The van der Waals surface area contributed by atoms with Crippen molar-refractivity contribution in [3.8, 4) is 5.75 Å². The van der Waals surface area contributed by atoms with E-state index in [4.69, 9.17) is 10.5 Å². The van der Waals surface area contributed by atoms with Crippen LogP contribution in [0.15, 0.2) is 24.3 Å². The van der Waals surface area contributed by atoms with Crippen LogP contribution in [0.2, 0.25) is 0 Å². The summed E-state index contributed by atoms with van der Waals surface area (Å²) in [6.07, 6.45) is 2.32. The third-order valence-corrected chi connectivity index (χ3v) is 3.79. The van der Waals surface area contributed by atoms with Crippen LogP contribution in [-0.2, 0) is 0 Å². The topological polar surface area (TPSA) is 38.5 Å². The van der Waals surface area contributed by atoms with Crippen molar-refractivity contribution in [2.75, 3.05) is 25.6 Å². The van der Waals surface area contributed by atoms with Crippen molar-refractivity contribution < 1.29 is 4.74 Å². The van der Waals surface area contributed by atoms with Crippen LogP contribution in [0, 0.1) is 5.92 Å². The molecule has 1 aromatic carbocycles. The molecule has 1 rings (SSSR count). The number of nitrogens with two attached hydrogens (primary N) is 1. The monoisotopic (exact) mass is 250 g/mol. The Kier molecular flexibility index (Phi) is 5.99. The summed E-state index contributed by atoms with van der Waals surface area (Å²) >= 11 is 0. The summed E-state index contributed by atoms with van der Waals surface area (Å²) in [6.45, 7) is 5.15. The first-order valence-electron chi connectivity index (χ1n) is 6.74. The lowest BCUT2D eigenvalue weighted by atomic mass is 9.93. The first-order valence-corrected chi connectivity index (χ1v) is 6.74. The lowest BCUT2D eigenvalue weighted by Gasteiger charge is -2.34. The third kappa shape index (κ3) is 3.39. The van der Waals surface area contributed by atoms with Crippen LogP contribution < -0.4 is 15.4 Å². The maximum Gasteiger partial charge on any atom is 0.120 e. The van der Waals surface area contributed by atoms with E-state index < -0.39 is 0 Å². The fourth-order valence-electron chi connectivity index (χ4n) is 2.52. The molecule has 0 spiro atoms. The van der Waals surface area contributed by atoms with Gasteiger partial charge in [-0.15, -0.1) is 0 Å². The Labute approximate surface area is 111 Å². The molecule has 0 aromatic heterocycles. The summed E-state index contributed by atoms with van der Waals surface area (Å²) < 4.78 is 5.27. The number of nitrogens with zero attached hydrogens (tertiary/aromatic N) is 1. The molecule has 0 aliphatic rings. The van der Waals surface area contributed by atoms with E-state index in [1.807, 2.05) is 12.1 Å². The molecule has 0 aliphatic heterocycles. The van der Waals surface area contributed by atoms with Crippen molar-refractivity contribution in [3.63, 3.8) is 0 Å². The standard InChI is InChI=1S/C15H26N2O/c1-5-12(6-2)15(11-16)17(3)13-8-7-9-14(10-13)18-4/h7-10,12,15H,5-6,11,16H2,1-4H3. The molecular formula is C15H26N2O. The number of rotatable bonds is 7. The molecule has 0 fully saturated rings. The zero-order chi connectivity index (χ0) is 13.5. The van der Waals surface area contributed by atoms with Crippen LogP contribution in [-0.4, -0.2) is 26.7 Å². The molecule has 2 N–H and O–H groups in total. The third-order valence-electron chi connectivity index (χ3n) is 3.79. The molecular weight excluding hydrogens is 224 g/mol. The van der Waals surface area contributed by atoms with E-state index in [1.165, 1.54) is 0 Å². The molecule has 0 amide bonds. The number of hydrogen-bond donors (Lipinski definition) is 1. The summed E-state index contributed by atoms with van der Waals surface area (Å²) in [4.78, 5) is 2.28. The smallest absolute Gasteiger partial charge is 0.120 e. The van der Waals surface area contributed by atoms with Crippen molar-refractivity contribution in [3.05, 3.63) is 24.3 Å². The highest BCUT2D eigenvalue weighted by Crippen LogP contribution is 2.25. The molecule has 3 nitrogen and oxygen atoms in total. The maximum atomic E-state index is 5.96. The number of ether oxygens (including phenoxy) is 1. The molecule has 0 aliphatic carbocycles. The fourth-order valence-corrected chi connectivity index (χ4v) is 2.52. The van der Waals surface area contributed by atoms with Gasteiger partial charge in [0.15, 0.2) is 0 Å². The van der Waals surface area contributed by atoms with Crippen molar-refractivity contribution in [1.29, 1.82) is 0 Å². The van der Waals surface area contributed by atoms with Crippen LogP contribution in [0.25, 0.3) is 0 Å². The molecule has 3 heteroatoms. The fraction of sp³-hybridized carbons (Fsp3) is 0.600. The van der Waals surface area contributed by atoms with Crippen LogP contribution in [0.4, 0.5) is 5.69 Å². The Balaban J connectivity index is 2.91. The number of benzene rings is 1. The van der Waals surface area contributed by atoms with E-state index in [1.54, 1.807) is 7.11 Å². The number of methoxy groups -OCH3 is 1. The number of likely N-dealkylation sites (N-methyl/N-ethyl adjacent to an activating group) is 1. The van der Waals surface area contributed by atoms with Gasteiger partial charge < -0.3 is 15.4 Å². The quantitative estimate of drug-likeness (QED) is 0.808. The van der Waals surface area contributed by atoms with Gasteiger partial charge in [0, 0.05) is 31.4 Å². The average Bonchev–Trinajstić information content (AvgIpc) is 2.44. The molecule has 1 atom stereocenters. The highest BCUT2D eigenvalue weighted by atomic mass is 16.5. The Morgan fingerprint density at radius 1 is 1.28 bits per heavy atom. The molecule has 0 saturated carbocycles.